The minimum absolute atomic E-state index is 0.265. The standard InChI is InChI=1S/C11H12BrFO2/c1-7(2)6-15-11-4-10(13)9(12)3-8(11)5-14/h3-5,7H,6H2,1-2H3. The summed E-state index contributed by atoms with van der Waals surface area (Å²) in [6, 6.07) is 2.63. The van der Waals surface area contributed by atoms with Crippen molar-refractivity contribution in [1.82, 2.24) is 0 Å². The van der Waals surface area contributed by atoms with Crippen molar-refractivity contribution < 1.29 is 13.9 Å². The minimum atomic E-state index is -0.431. The molecule has 0 saturated carbocycles. The molecule has 15 heavy (non-hydrogen) atoms. The van der Waals surface area contributed by atoms with Crippen molar-refractivity contribution in [2.45, 2.75) is 13.8 Å². The molecule has 1 rings (SSSR count). The number of benzene rings is 1. The molecule has 0 aliphatic heterocycles. The van der Waals surface area contributed by atoms with E-state index in [0.29, 0.717) is 30.1 Å². The molecule has 0 bridgehead atoms. The van der Waals surface area contributed by atoms with Crippen LogP contribution in [0.15, 0.2) is 16.6 Å². The van der Waals surface area contributed by atoms with Crippen molar-refractivity contribution in [2.75, 3.05) is 6.61 Å². The van der Waals surface area contributed by atoms with Gasteiger partial charge in [0, 0.05) is 6.07 Å². The normalized spacial score (nSPS) is 10.5. The number of halogens is 2. The number of hydrogen-bond acceptors (Lipinski definition) is 2. The second-order valence-electron chi connectivity index (χ2n) is 3.63. The predicted molar refractivity (Wildman–Crippen MR) is 59.8 cm³/mol. The molecule has 0 atom stereocenters. The molecule has 0 N–H and O–H groups in total. The third-order valence-electron chi connectivity index (χ3n) is 1.75. The quantitative estimate of drug-likeness (QED) is 0.787. The Balaban J connectivity index is 2.94. The van der Waals surface area contributed by atoms with Crippen LogP contribution in [0, 0.1) is 11.7 Å². The number of carbonyl (C=O) groups excluding carboxylic acids is 1. The van der Waals surface area contributed by atoms with E-state index in [1.807, 2.05) is 13.8 Å². The molecule has 0 fully saturated rings. The largest absolute Gasteiger partial charge is 0.492 e. The van der Waals surface area contributed by atoms with Gasteiger partial charge < -0.3 is 4.74 Å². The zero-order chi connectivity index (χ0) is 11.4. The Bertz CT molecular complexity index is 364. The predicted octanol–water partition coefficient (Wildman–Crippen LogP) is 3.44. The average molecular weight is 275 g/mol. The Morgan fingerprint density at radius 2 is 2.20 bits per heavy atom. The number of hydrogen-bond donors (Lipinski definition) is 0. The van der Waals surface area contributed by atoms with Crippen LogP contribution in [0.25, 0.3) is 0 Å². The van der Waals surface area contributed by atoms with Crippen molar-refractivity contribution >= 4 is 22.2 Å². The Morgan fingerprint density at radius 3 is 2.73 bits per heavy atom. The first-order chi connectivity index (χ1) is 7.04. The molecule has 0 unspecified atom stereocenters. The third-order valence-corrected chi connectivity index (χ3v) is 2.36. The fourth-order valence-corrected chi connectivity index (χ4v) is 1.38. The van der Waals surface area contributed by atoms with Gasteiger partial charge in [-0.3, -0.25) is 4.79 Å². The van der Waals surface area contributed by atoms with Crippen LogP contribution in [0.3, 0.4) is 0 Å². The lowest BCUT2D eigenvalue weighted by Gasteiger charge is -2.11. The highest BCUT2D eigenvalue weighted by Gasteiger charge is 2.09. The van der Waals surface area contributed by atoms with E-state index >= 15 is 0 Å². The number of ether oxygens (including phenoxy) is 1. The maximum absolute atomic E-state index is 13.2. The van der Waals surface area contributed by atoms with E-state index in [1.54, 1.807) is 0 Å². The molecular formula is C11H12BrFO2. The van der Waals surface area contributed by atoms with Crippen LogP contribution in [0.2, 0.25) is 0 Å². The second-order valence-corrected chi connectivity index (χ2v) is 4.48. The summed E-state index contributed by atoms with van der Waals surface area (Å²) in [5, 5.41) is 0. The molecule has 0 aliphatic rings. The first kappa shape index (κ1) is 12.2. The highest BCUT2D eigenvalue weighted by atomic mass is 79.9. The van der Waals surface area contributed by atoms with Crippen LogP contribution in [0.1, 0.15) is 24.2 Å². The summed E-state index contributed by atoms with van der Waals surface area (Å²) in [4.78, 5) is 10.7. The van der Waals surface area contributed by atoms with Crippen molar-refractivity contribution in [3.05, 3.63) is 28.0 Å². The molecule has 0 aromatic heterocycles. The van der Waals surface area contributed by atoms with Gasteiger partial charge in [-0.1, -0.05) is 13.8 Å². The zero-order valence-corrected chi connectivity index (χ0v) is 10.2. The fourth-order valence-electron chi connectivity index (χ4n) is 1.02. The molecule has 0 spiro atoms. The highest BCUT2D eigenvalue weighted by Crippen LogP contribution is 2.25. The molecule has 0 amide bonds. The summed E-state index contributed by atoms with van der Waals surface area (Å²) in [5.41, 5.74) is 0.351. The topological polar surface area (TPSA) is 26.3 Å². The number of carbonyl (C=O) groups is 1. The fraction of sp³-hybridized carbons (Fsp3) is 0.364. The van der Waals surface area contributed by atoms with E-state index < -0.39 is 5.82 Å². The molecule has 1 aromatic carbocycles. The molecule has 2 nitrogen and oxygen atoms in total. The summed E-state index contributed by atoms with van der Waals surface area (Å²) in [5.74, 6) is 0.190. The Labute approximate surface area is 96.6 Å². The van der Waals surface area contributed by atoms with Crippen molar-refractivity contribution in [1.29, 1.82) is 0 Å². The molecule has 1 aromatic rings. The SMILES string of the molecule is CC(C)COc1cc(F)c(Br)cc1C=O. The van der Waals surface area contributed by atoms with E-state index in [9.17, 15) is 9.18 Å². The molecular weight excluding hydrogens is 263 g/mol. The molecule has 0 heterocycles. The maximum atomic E-state index is 13.2. The number of aldehydes is 1. The lowest BCUT2D eigenvalue weighted by atomic mass is 10.2. The monoisotopic (exact) mass is 274 g/mol. The van der Waals surface area contributed by atoms with Crippen LogP contribution >= 0.6 is 15.9 Å². The van der Waals surface area contributed by atoms with Crippen molar-refractivity contribution in [3.63, 3.8) is 0 Å². The molecule has 82 valence electrons. The summed E-state index contributed by atoms with van der Waals surface area (Å²) in [6.07, 6.45) is 0.653. The Kier molecular flexibility index (Phi) is 4.27. The van der Waals surface area contributed by atoms with Gasteiger partial charge >= 0.3 is 0 Å². The zero-order valence-electron chi connectivity index (χ0n) is 8.59. The van der Waals surface area contributed by atoms with Crippen molar-refractivity contribution in [3.8, 4) is 5.75 Å². The van der Waals surface area contributed by atoms with Gasteiger partial charge in [0.05, 0.1) is 16.6 Å². The van der Waals surface area contributed by atoms with Crippen LogP contribution in [-0.4, -0.2) is 12.9 Å². The summed E-state index contributed by atoms with van der Waals surface area (Å²) in [7, 11) is 0. The first-order valence-corrected chi connectivity index (χ1v) is 5.41. The van der Waals surface area contributed by atoms with Gasteiger partial charge in [0.1, 0.15) is 11.6 Å². The van der Waals surface area contributed by atoms with E-state index in [0.717, 1.165) is 0 Å². The maximum Gasteiger partial charge on any atom is 0.153 e. The lowest BCUT2D eigenvalue weighted by molar-refractivity contribution is 0.111. The smallest absolute Gasteiger partial charge is 0.153 e. The van der Waals surface area contributed by atoms with E-state index in [4.69, 9.17) is 4.74 Å². The van der Waals surface area contributed by atoms with Gasteiger partial charge in [0.15, 0.2) is 6.29 Å². The third kappa shape index (κ3) is 3.30. The van der Waals surface area contributed by atoms with Crippen molar-refractivity contribution in [2.24, 2.45) is 5.92 Å². The summed E-state index contributed by atoms with van der Waals surface area (Å²) >= 11 is 3.01. The lowest BCUT2D eigenvalue weighted by Crippen LogP contribution is -2.06. The van der Waals surface area contributed by atoms with Crippen LogP contribution < -0.4 is 4.74 Å². The summed E-state index contributed by atoms with van der Waals surface area (Å²) in [6.45, 7) is 4.42. The van der Waals surface area contributed by atoms with Crippen LogP contribution in [0.5, 0.6) is 5.75 Å². The van der Waals surface area contributed by atoms with Crippen LogP contribution in [0.4, 0.5) is 4.39 Å². The highest BCUT2D eigenvalue weighted by molar-refractivity contribution is 9.10. The minimum Gasteiger partial charge on any atom is -0.492 e. The average Bonchev–Trinajstić information content (AvgIpc) is 2.19. The molecule has 0 radical (unpaired) electrons. The summed E-state index contributed by atoms with van der Waals surface area (Å²) < 4.78 is 18.8. The van der Waals surface area contributed by atoms with Gasteiger partial charge in [-0.25, -0.2) is 4.39 Å². The van der Waals surface area contributed by atoms with Gasteiger partial charge in [-0.05, 0) is 27.9 Å². The van der Waals surface area contributed by atoms with Gasteiger partial charge in [-0.2, -0.15) is 0 Å². The Morgan fingerprint density at radius 1 is 1.53 bits per heavy atom. The first-order valence-electron chi connectivity index (χ1n) is 4.61. The second kappa shape index (κ2) is 5.26. The van der Waals surface area contributed by atoms with Gasteiger partial charge in [0.2, 0.25) is 0 Å². The molecule has 4 heteroatoms. The molecule has 0 saturated heterocycles. The van der Waals surface area contributed by atoms with Gasteiger partial charge in [-0.15, -0.1) is 0 Å². The Hall–Kier alpha value is -0.900. The number of rotatable bonds is 4. The van der Waals surface area contributed by atoms with E-state index in [1.165, 1.54) is 12.1 Å². The van der Waals surface area contributed by atoms with E-state index in [2.05, 4.69) is 15.9 Å². The van der Waals surface area contributed by atoms with Crippen LogP contribution in [-0.2, 0) is 0 Å². The molecule has 0 aliphatic carbocycles. The van der Waals surface area contributed by atoms with E-state index in [-0.39, 0.29) is 4.47 Å². The van der Waals surface area contributed by atoms with Gasteiger partial charge in [0.25, 0.3) is 0 Å².